The molecule has 0 unspecified atom stereocenters. The molecule has 1 aliphatic rings. The SMILES string of the molecule is O=C(Nc1cccc(O)c1)C1=COCCO1. The summed E-state index contributed by atoms with van der Waals surface area (Å²) in [5.41, 5.74) is 0.500. The van der Waals surface area contributed by atoms with Crippen LogP contribution >= 0.6 is 0 Å². The fraction of sp³-hybridized carbons (Fsp3) is 0.182. The van der Waals surface area contributed by atoms with Crippen LogP contribution in [0.5, 0.6) is 5.75 Å². The van der Waals surface area contributed by atoms with E-state index in [1.165, 1.54) is 18.4 Å². The summed E-state index contributed by atoms with van der Waals surface area (Å²) in [6.07, 6.45) is 1.28. The molecule has 0 radical (unpaired) electrons. The van der Waals surface area contributed by atoms with Gasteiger partial charge in [0.15, 0.2) is 0 Å². The predicted molar refractivity (Wildman–Crippen MR) is 56.7 cm³/mol. The molecule has 0 saturated heterocycles. The van der Waals surface area contributed by atoms with Gasteiger partial charge in [-0.3, -0.25) is 4.79 Å². The van der Waals surface area contributed by atoms with Gasteiger partial charge in [-0.2, -0.15) is 0 Å². The van der Waals surface area contributed by atoms with Crippen LogP contribution in [-0.2, 0) is 14.3 Å². The molecule has 5 heteroatoms. The van der Waals surface area contributed by atoms with Crippen LogP contribution < -0.4 is 5.32 Å². The molecule has 84 valence electrons. The summed E-state index contributed by atoms with van der Waals surface area (Å²) in [5, 5.41) is 11.8. The zero-order valence-corrected chi connectivity index (χ0v) is 8.47. The number of hydrogen-bond acceptors (Lipinski definition) is 4. The largest absolute Gasteiger partial charge is 0.508 e. The van der Waals surface area contributed by atoms with Gasteiger partial charge in [0, 0.05) is 11.8 Å². The number of nitrogens with one attached hydrogen (secondary N) is 1. The van der Waals surface area contributed by atoms with Crippen LogP contribution in [0, 0.1) is 0 Å². The van der Waals surface area contributed by atoms with E-state index in [-0.39, 0.29) is 11.5 Å². The van der Waals surface area contributed by atoms with Crippen molar-refractivity contribution in [3.63, 3.8) is 0 Å². The van der Waals surface area contributed by atoms with Gasteiger partial charge in [0.05, 0.1) is 0 Å². The molecule has 0 bridgehead atoms. The van der Waals surface area contributed by atoms with Crippen molar-refractivity contribution < 1.29 is 19.4 Å². The van der Waals surface area contributed by atoms with Crippen LogP contribution in [0.2, 0.25) is 0 Å². The number of phenols is 1. The second-order valence-electron chi connectivity index (χ2n) is 3.21. The van der Waals surface area contributed by atoms with Crippen molar-refractivity contribution in [3.05, 3.63) is 36.3 Å². The summed E-state index contributed by atoms with van der Waals surface area (Å²) in [7, 11) is 0. The van der Waals surface area contributed by atoms with E-state index in [0.717, 1.165) is 0 Å². The Labute approximate surface area is 92.3 Å². The normalized spacial score (nSPS) is 14.4. The van der Waals surface area contributed by atoms with Crippen molar-refractivity contribution in [1.29, 1.82) is 0 Å². The number of aromatic hydroxyl groups is 1. The molecular formula is C11H11NO4. The number of carbonyl (C=O) groups excluding carboxylic acids is 1. The second kappa shape index (κ2) is 4.57. The van der Waals surface area contributed by atoms with Gasteiger partial charge >= 0.3 is 0 Å². The molecule has 1 aromatic rings. The lowest BCUT2D eigenvalue weighted by Crippen LogP contribution is -2.21. The average molecular weight is 221 g/mol. The van der Waals surface area contributed by atoms with Crippen molar-refractivity contribution >= 4 is 11.6 Å². The first-order chi connectivity index (χ1) is 7.75. The van der Waals surface area contributed by atoms with Crippen LogP contribution in [0.25, 0.3) is 0 Å². The van der Waals surface area contributed by atoms with E-state index in [1.54, 1.807) is 12.1 Å². The lowest BCUT2D eigenvalue weighted by molar-refractivity contribution is -0.117. The maximum absolute atomic E-state index is 11.6. The summed E-state index contributed by atoms with van der Waals surface area (Å²) >= 11 is 0. The molecule has 1 amide bonds. The molecule has 0 aromatic heterocycles. The van der Waals surface area contributed by atoms with Gasteiger partial charge in [0.1, 0.15) is 25.2 Å². The number of anilines is 1. The zero-order chi connectivity index (χ0) is 11.4. The van der Waals surface area contributed by atoms with Crippen LogP contribution in [0.3, 0.4) is 0 Å². The van der Waals surface area contributed by atoms with Crippen LogP contribution in [-0.4, -0.2) is 24.2 Å². The highest BCUT2D eigenvalue weighted by Gasteiger charge is 2.14. The minimum Gasteiger partial charge on any atom is -0.508 e. The number of hydrogen-bond donors (Lipinski definition) is 2. The molecular weight excluding hydrogens is 210 g/mol. The highest BCUT2D eigenvalue weighted by atomic mass is 16.6. The summed E-state index contributed by atoms with van der Waals surface area (Å²) in [4.78, 5) is 11.6. The van der Waals surface area contributed by atoms with E-state index in [9.17, 15) is 9.90 Å². The Hall–Kier alpha value is -2.17. The van der Waals surface area contributed by atoms with E-state index in [2.05, 4.69) is 5.32 Å². The molecule has 0 aliphatic carbocycles. The molecule has 5 nitrogen and oxygen atoms in total. The molecule has 1 aliphatic heterocycles. The van der Waals surface area contributed by atoms with Gasteiger partial charge in [-0.15, -0.1) is 0 Å². The summed E-state index contributed by atoms with van der Waals surface area (Å²) in [6.45, 7) is 0.808. The third kappa shape index (κ3) is 2.44. The molecule has 0 spiro atoms. The van der Waals surface area contributed by atoms with Gasteiger partial charge < -0.3 is 19.9 Å². The lowest BCUT2D eigenvalue weighted by Gasteiger charge is -2.14. The first-order valence-corrected chi connectivity index (χ1v) is 4.80. The Morgan fingerprint density at radius 3 is 2.94 bits per heavy atom. The monoisotopic (exact) mass is 221 g/mol. The maximum atomic E-state index is 11.6. The molecule has 1 heterocycles. The maximum Gasteiger partial charge on any atom is 0.294 e. The number of ether oxygens (including phenoxy) is 2. The van der Waals surface area contributed by atoms with E-state index in [1.807, 2.05) is 0 Å². The van der Waals surface area contributed by atoms with E-state index in [0.29, 0.717) is 18.9 Å². The van der Waals surface area contributed by atoms with Crippen molar-refractivity contribution in [2.75, 3.05) is 18.5 Å². The standard InChI is InChI=1S/C11H11NO4/c13-9-3-1-2-8(6-9)12-11(14)10-7-15-4-5-16-10/h1-3,6-7,13H,4-5H2,(H,12,14). The second-order valence-corrected chi connectivity index (χ2v) is 3.21. The third-order valence-electron chi connectivity index (χ3n) is 1.98. The molecule has 1 aromatic carbocycles. The average Bonchev–Trinajstić information content (AvgIpc) is 2.30. The topological polar surface area (TPSA) is 67.8 Å². The van der Waals surface area contributed by atoms with E-state index >= 15 is 0 Å². The Morgan fingerprint density at radius 2 is 2.25 bits per heavy atom. The smallest absolute Gasteiger partial charge is 0.294 e. The summed E-state index contributed by atoms with van der Waals surface area (Å²) < 4.78 is 10.1. The number of amides is 1. The van der Waals surface area contributed by atoms with E-state index in [4.69, 9.17) is 9.47 Å². The van der Waals surface area contributed by atoms with Gasteiger partial charge in [0.25, 0.3) is 5.91 Å². The van der Waals surface area contributed by atoms with Crippen molar-refractivity contribution in [2.24, 2.45) is 0 Å². The van der Waals surface area contributed by atoms with Crippen molar-refractivity contribution in [2.45, 2.75) is 0 Å². The Kier molecular flexibility index (Phi) is 2.95. The van der Waals surface area contributed by atoms with Crippen LogP contribution in [0.1, 0.15) is 0 Å². The molecule has 2 rings (SSSR count). The van der Waals surface area contributed by atoms with E-state index < -0.39 is 5.91 Å². The van der Waals surface area contributed by atoms with Crippen molar-refractivity contribution in [3.8, 4) is 5.75 Å². The minimum absolute atomic E-state index is 0.0904. The minimum atomic E-state index is -0.398. The first kappa shape index (κ1) is 10.4. The summed E-state index contributed by atoms with van der Waals surface area (Å²) in [5.74, 6) is -0.174. The predicted octanol–water partition coefficient (Wildman–Crippen LogP) is 1.22. The first-order valence-electron chi connectivity index (χ1n) is 4.80. The zero-order valence-electron chi connectivity index (χ0n) is 8.47. The number of benzene rings is 1. The number of carbonyl (C=O) groups is 1. The summed E-state index contributed by atoms with van der Waals surface area (Å²) in [6, 6.07) is 6.27. The lowest BCUT2D eigenvalue weighted by atomic mass is 10.3. The molecule has 0 fully saturated rings. The highest BCUT2D eigenvalue weighted by molar-refractivity contribution is 6.02. The van der Waals surface area contributed by atoms with Crippen LogP contribution in [0.4, 0.5) is 5.69 Å². The Balaban J connectivity index is 2.04. The fourth-order valence-corrected chi connectivity index (χ4v) is 1.26. The molecule has 0 atom stereocenters. The van der Waals surface area contributed by atoms with Gasteiger partial charge in [-0.05, 0) is 12.1 Å². The van der Waals surface area contributed by atoms with Crippen LogP contribution in [0.15, 0.2) is 36.3 Å². The Bertz CT molecular complexity index is 428. The number of phenolic OH excluding ortho intramolecular Hbond substituents is 1. The Morgan fingerprint density at radius 1 is 1.38 bits per heavy atom. The molecule has 2 N–H and O–H groups in total. The quantitative estimate of drug-likeness (QED) is 0.787. The third-order valence-corrected chi connectivity index (χ3v) is 1.98. The van der Waals surface area contributed by atoms with Gasteiger partial charge in [-0.1, -0.05) is 6.07 Å². The van der Waals surface area contributed by atoms with Crippen molar-refractivity contribution in [1.82, 2.24) is 0 Å². The molecule has 16 heavy (non-hydrogen) atoms. The highest BCUT2D eigenvalue weighted by Crippen LogP contribution is 2.16. The van der Waals surface area contributed by atoms with Gasteiger partial charge in [-0.25, -0.2) is 0 Å². The fourth-order valence-electron chi connectivity index (χ4n) is 1.26. The van der Waals surface area contributed by atoms with Gasteiger partial charge in [0.2, 0.25) is 5.76 Å². The number of rotatable bonds is 2. The molecule has 0 saturated carbocycles.